The maximum absolute atomic E-state index is 7.62. The van der Waals surface area contributed by atoms with Gasteiger partial charge in [-0.05, 0) is 0 Å². The fraction of sp³-hybridized carbons (Fsp3) is 1.00. The Kier molecular flexibility index (Phi) is 16.1. The molecule has 0 fully saturated rings. The first-order valence-corrected chi connectivity index (χ1v) is 1.13. The Bertz CT molecular complexity index is 9.61. The van der Waals surface area contributed by atoms with Gasteiger partial charge in [0.25, 0.3) is 0 Å². The minimum atomic E-state index is -0.125. The standard InChI is InChI=1S/C2H6O2.Os/c3-1-2-4;/h3-4H,1-2H2;. The van der Waals surface area contributed by atoms with Crippen molar-refractivity contribution in [2.24, 2.45) is 0 Å². The van der Waals surface area contributed by atoms with Crippen LogP contribution in [0.4, 0.5) is 0 Å². The molecule has 3 heteroatoms. The summed E-state index contributed by atoms with van der Waals surface area (Å²) < 4.78 is 0. The average Bonchev–Trinajstić information content (AvgIpc) is 1.37. The zero-order valence-corrected chi connectivity index (χ0v) is 5.20. The molecule has 0 radical (unpaired) electrons. The van der Waals surface area contributed by atoms with Crippen molar-refractivity contribution in [3.8, 4) is 0 Å². The van der Waals surface area contributed by atoms with Gasteiger partial charge in [0.15, 0.2) is 0 Å². The summed E-state index contributed by atoms with van der Waals surface area (Å²) in [5.41, 5.74) is 0. The molecular formula is C2H6O2Os. The monoisotopic (exact) mass is 254 g/mol. The van der Waals surface area contributed by atoms with E-state index in [1.165, 1.54) is 0 Å². The van der Waals surface area contributed by atoms with E-state index in [9.17, 15) is 0 Å². The third-order valence-electron chi connectivity index (χ3n) is 0.1000. The largest absolute Gasteiger partial charge is 0.394 e. The molecule has 0 spiro atoms. The number of rotatable bonds is 1. The van der Waals surface area contributed by atoms with Crippen LogP contribution >= 0.6 is 0 Å². The van der Waals surface area contributed by atoms with E-state index >= 15 is 0 Å². The van der Waals surface area contributed by atoms with Crippen LogP contribution in [-0.4, -0.2) is 23.4 Å². The molecule has 0 aromatic heterocycles. The average molecular weight is 252 g/mol. The Morgan fingerprint density at radius 1 is 1.00 bits per heavy atom. The van der Waals surface area contributed by atoms with Crippen LogP contribution in [-0.2, 0) is 19.8 Å². The normalized spacial score (nSPS) is 6.00. The molecular weight excluding hydrogens is 246 g/mol. The summed E-state index contributed by atoms with van der Waals surface area (Å²) >= 11 is 0. The molecule has 0 saturated carbocycles. The van der Waals surface area contributed by atoms with E-state index in [-0.39, 0.29) is 33.0 Å². The third kappa shape index (κ3) is 12.3. The zero-order chi connectivity index (χ0) is 3.41. The van der Waals surface area contributed by atoms with Crippen LogP contribution in [0, 0.1) is 0 Å². The number of aliphatic hydroxyl groups excluding tert-OH is 2. The molecule has 34 valence electrons. The number of aliphatic hydroxyl groups is 2. The van der Waals surface area contributed by atoms with Crippen molar-refractivity contribution in [1.29, 1.82) is 0 Å². The maximum Gasteiger partial charge on any atom is 0.0662 e. The Labute approximate surface area is 43.9 Å². The van der Waals surface area contributed by atoms with Gasteiger partial charge < -0.3 is 10.2 Å². The van der Waals surface area contributed by atoms with Crippen molar-refractivity contribution in [3.05, 3.63) is 0 Å². The Balaban J connectivity index is 0. The van der Waals surface area contributed by atoms with Gasteiger partial charge in [0, 0.05) is 19.8 Å². The van der Waals surface area contributed by atoms with Crippen LogP contribution < -0.4 is 0 Å². The summed E-state index contributed by atoms with van der Waals surface area (Å²) in [5.74, 6) is 0. The van der Waals surface area contributed by atoms with Gasteiger partial charge >= 0.3 is 0 Å². The van der Waals surface area contributed by atoms with Crippen LogP contribution in [0.5, 0.6) is 0 Å². The van der Waals surface area contributed by atoms with Crippen LogP contribution in [0.2, 0.25) is 0 Å². The first-order valence-electron chi connectivity index (χ1n) is 1.13. The molecule has 2 N–H and O–H groups in total. The van der Waals surface area contributed by atoms with Crippen LogP contribution in [0.3, 0.4) is 0 Å². The van der Waals surface area contributed by atoms with E-state index < -0.39 is 0 Å². The molecule has 0 aromatic rings. The summed E-state index contributed by atoms with van der Waals surface area (Å²) in [7, 11) is 0. The van der Waals surface area contributed by atoms with Gasteiger partial charge in [-0.1, -0.05) is 0 Å². The molecule has 0 unspecified atom stereocenters. The van der Waals surface area contributed by atoms with Gasteiger partial charge in [0.1, 0.15) is 0 Å². The van der Waals surface area contributed by atoms with E-state index in [4.69, 9.17) is 10.2 Å². The summed E-state index contributed by atoms with van der Waals surface area (Å²) in [6.45, 7) is -0.250. The quantitative estimate of drug-likeness (QED) is 0.626. The molecule has 0 aliphatic rings. The fourth-order valence-corrected chi connectivity index (χ4v) is 0. The topological polar surface area (TPSA) is 40.5 Å². The zero-order valence-electron chi connectivity index (χ0n) is 2.66. The molecule has 0 atom stereocenters. The molecule has 0 aliphatic carbocycles. The van der Waals surface area contributed by atoms with E-state index in [2.05, 4.69) is 0 Å². The van der Waals surface area contributed by atoms with Crippen molar-refractivity contribution in [1.82, 2.24) is 0 Å². The second-order valence-electron chi connectivity index (χ2n) is 0.447. The summed E-state index contributed by atoms with van der Waals surface area (Å²) in [6, 6.07) is 0. The van der Waals surface area contributed by atoms with Crippen molar-refractivity contribution in [3.63, 3.8) is 0 Å². The van der Waals surface area contributed by atoms with E-state index in [1.807, 2.05) is 0 Å². The van der Waals surface area contributed by atoms with E-state index in [0.29, 0.717) is 0 Å². The Hall–Kier alpha value is 0.556. The Morgan fingerprint density at radius 3 is 1.20 bits per heavy atom. The van der Waals surface area contributed by atoms with Crippen molar-refractivity contribution in [2.75, 3.05) is 13.2 Å². The van der Waals surface area contributed by atoms with Gasteiger partial charge in [-0.3, -0.25) is 0 Å². The maximum atomic E-state index is 7.62. The first-order chi connectivity index (χ1) is 1.91. The molecule has 0 amide bonds. The number of hydrogen-bond acceptors (Lipinski definition) is 2. The van der Waals surface area contributed by atoms with E-state index in [0.717, 1.165) is 0 Å². The second kappa shape index (κ2) is 8.82. The predicted molar refractivity (Wildman–Crippen MR) is 14.2 cm³/mol. The summed E-state index contributed by atoms with van der Waals surface area (Å²) in [4.78, 5) is 0. The van der Waals surface area contributed by atoms with Gasteiger partial charge in [0.2, 0.25) is 0 Å². The Morgan fingerprint density at radius 2 is 1.20 bits per heavy atom. The van der Waals surface area contributed by atoms with Gasteiger partial charge in [-0.2, -0.15) is 0 Å². The minimum absolute atomic E-state index is 0. The molecule has 5 heavy (non-hydrogen) atoms. The second-order valence-corrected chi connectivity index (χ2v) is 0.447. The number of hydrogen-bond donors (Lipinski definition) is 2. The van der Waals surface area contributed by atoms with Crippen LogP contribution in [0.15, 0.2) is 0 Å². The van der Waals surface area contributed by atoms with Gasteiger partial charge in [0.05, 0.1) is 13.2 Å². The smallest absolute Gasteiger partial charge is 0.0662 e. The SMILES string of the molecule is OCCO.[Os]. The van der Waals surface area contributed by atoms with E-state index in [1.54, 1.807) is 0 Å². The van der Waals surface area contributed by atoms with Crippen molar-refractivity contribution < 1.29 is 30.0 Å². The van der Waals surface area contributed by atoms with Crippen molar-refractivity contribution >= 4 is 0 Å². The predicted octanol–water partition coefficient (Wildman–Crippen LogP) is -1.03. The minimum Gasteiger partial charge on any atom is -0.394 e. The molecule has 0 bridgehead atoms. The van der Waals surface area contributed by atoms with Gasteiger partial charge in [-0.25, -0.2) is 0 Å². The molecule has 0 heterocycles. The summed E-state index contributed by atoms with van der Waals surface area (Å²) in [5, 5.41) is 15.2. The fourth-order valence-electron chi connectivity index (χ4n) is 0. The van der Waals surface area contributed by atoms with Crippen LogP contribution in [0.1, 0.15) is 0 Å². The molecule has 2 nitrogen and oxygen atoms in total. The molecule has 0 aromatic carbocycles. The first kappa shape index (κ1) is 9.12. The molecule has 0 rings (SSSR count). The van der Waals surface area contributed by atoms with Crippen molar-refractivity contribution in [2.45, 2.75) is 0 Å². The third-order valence-corrected chi connectivity index (χ3v) is 0.1000. The van der Waals surface area contributed by atoms with Crippen LogP contribution in [0.25, 0.3) is 0 Å². The molecule has 0 aliphatic heterocycles. The summed E-state index contributed by atoms with van der Waals surface area (Å²) in [6.07, 6.45) is 0. The molecule has 0 saturated heterocycles. The van der Waals surface area contributed by atoms with Gasteiger partial charge in [-0.15, -0.1) is 0 Å².